The molecule has 1 saturated heterocycles. The maximum absolute atomic E-state index is 13.2. The van der Waals surface area contributed by atoms with Crippen LogP contribution in [0, 0.1) is 5.92 Å². The van der Waals surface area contributed by atoms with Gasteiger partial charge in [-0.05, 0) is 31.0 Å². The SMILES string of the molecule is Cl.O=C(Nc1cccc(C(F)F)n1)c1cc2cn(C3CCOCC3)nc2cc1OCC1CC(F)(F)C1. The molecule has 1 saturated carbocycles. The Labute approximate surface area is 210 Å². The topological polar surface area (TPSA) is 78.3 Å². The molecular formula is C24H25ClF4N4O3. The third-order valence-corrected chi connectivity index (χ3v) is 6.32. The lowest BCUT2D eigenvalue weighted by Crippen LogP contribution is -2.38. The first-order valence-electron chi connectivity index (χ1n) is 11.5. The summed E-state index contributed by atoms with van der Waals surface area (Å²) in [5.41, 5.74) is 0.276. The van der Waals surface area contributed by atoms with Gasteiger partial charge in [0, 0.05) is 49.6 Å². The number of hydrogen-bond acceptors (Lipinski definition) is 5. The summed E-state index contributed by atoms with van der Waals surface area (Å²) >= 11 is 0. The standard InChI is InChI=1S/C24H24F4N4O3.ClH/c25-22(26)18-2-1-3-21(29-18)30-23(33)17-8-15-12-32(16-4-6-34-7-5-16)31-19(15)9-20(17)35-13-14-10-24(27,28)11-14;/h1-3,8-9,12,14,16,22H,4-7,10-11,13H2,(H,29,30,33);1H. The van der Waals surface area contributed by atoms with E-state index in [1.54, 1.807) is 12.1 Å². The number of nitrogens with zero attached hydrogens (tertiary/aromatic N) is 3. The summed E-state index contributed by atoms with van der Waals surface area (Å²) < 4.78 is 65.6. The van der Waals surface area contributed by atoms with Gasteiger partial charge in [-0.25, -0.2) is 22.5 Å². The maximum Gasteiger partial charge on any atom is 0.280 e. The molecule has 5 rings (SSSR count). The normalized spacial score (nSPS) is 18.0. The van der Waals surface area contributed by atoms with Crippen molar-refractivity contribution in [2.75, 3.05) is 25.1 Å². The molecule has 36 heavy (non-hydrogen) atoms. The Balaban J connectivity index is 0.00000304. The van der Waals surface area contributed by atoms with Gasteiger partial charge in [-0.1, -0.05) is 6.07 Å². The molecule has 0 spiro atoms. The smallest absolute Gasteiger partial charge is 0.280 e. The third kappa shape index (κ3) is 5.73. The molecule has 0 atom stereocenters. The Bertz CT molecular complexity index is 1230. The van der Waals surface area contributed by atoms with E-state index in [2.05, 4.69) is 15.4 Å². The molecule has 3 heterocycles. The second-order valence-corrected chi connectivity index (χ2v) is 9.00. The number of ether oxygens (including phenoxy) is 2. The first-order chi connectivity index (χ1) is 16.8. The Morgan fingerprint density at radius 3 is 2.67 bits per heavy atom. The van der Waals surface area contributed by atoms with E-state index < -0.39 is 23.9 Å². The van der Waals surface area contributed by atoms with E-state index in [9.17, 15) is 22.4 Å². The minimum absolute atomic E-state index is 0. The molecule has 194 valence electrons. The van der Waals surface area contributed by atoms with Crippen LogP contribution in [0.5, 0.6) is 5.75 Å². The monoisotopic (exact) mass is 528 g/mol. The molecule has 12 heteroatoms. The summed E-state index contributed by atoms with van der Waals surface area (Å²) in [5, 5.41) is 7.85. The van der Waals surface area contributed by atoms with E-state index in [0.717, 1.165) is 12.8 Å². The van der Waals surface area contributed by atoms with E-state index in [1.165, 1.54) is 18.2 Å². The van der Waals surface area contributed by atoms with E-state index in [1.807, 2.05) is 10.9 Å². The number of aromatic nitrogens is 3. The molecule has 2 aliphatic rings. The Morgan fingerprint density at radius 2 is 1.97 bits per heavy atom. The van der Waals surface area contributed by atoms with Crippen molar-refractivity contribution in [3.63, 3.8) is 0 Å². The fraction of sp³-hybridized carbons (Fsp3) is 0.458. The van der Waals surface area contributed by atoms with Gasteiger partial charge < -0.3 is 14.8 Å². The molecule has 1 amide bonds. The lowest BCUT2D eigenvalue weighted by Gasteiger charge is -2.34. The first-order valence-corrected chi connectivity index (χ1v) is 11.5. The molecule has 1 aromatic carbocycles. The highest BCUT2D eigenvalue weighted by Gasteiger charge is 2.45. The van der Waals surface area contributed by atoms with Crippen molar-refractivity contribution >= 4 is 35.0 Å². The van der Waals surface area contributed by atoms with Crippen molar-refractivity contribution in [2.24, 2.45) is 5.92 Å². The van der Waals surface area contributed by atoms with Crippen LogP contribution in [-0.2, 0) is 4.74 Å². The van der Waals surface area contributed by atoms with Gasteiger partial charge in [0.05, 0.1) is 23.7 Å². The molecule has 0 unspecified atom stereocenters. The minimum Gasteiger partial charge on any atom is -0.492 e. The Hall–Kier alpha value is -2.92. The number of rotatable bonds is 7. The zero-order chi connectivity index (χ0) is 24.6. The number of fused-ring (bicyclic) bond motifs is 1. The summed E-state index contributed by atoms with van der Waals surface area (Å²) in [6.07, 6.45) is 0.158. The molecule has 0 radical (unpaired) electrons. The molecule has 1 N–H and O–H groups in total. The minimum atomic E-state index is -2.78. The third-order valence-electron chi connectivity index (χ3n) is 6.32. The fourth-order valence-electron chi connectivity index (χ4n) is 4.44. The van der Waals surface area contributed by atoms with Crippen molar-refractivity contribution in [1.82, 2.24) is 14.8 Å². The van der Waals surface area contributed by atoms with Gasteiger partial charge in [-0.15, -0.1) is 12.4 Å². The summed E-state index contributed by atoms with van der Waals surface area (Å²) in [6.45, 7) is 1.31. The van der Waals surface area contributed by atoms with E-state index >= 15 is 0 Å². The lowest BCUT2D eigenvalue weighted by atomic mass is 9.82. The zero-order valence-corrected chi connectivity index (χ0v) is 19.9. The quantitative estimate of drug-likeness (QED) is 0.391. The maximum atomic E-state index is 13.2. The van der Waals surface area contributed by atoms with Crippen LogP contribution >= 0.6 is 12.4 Å². The fourth-order valence-corrected chi connectivity index (χ4v) is 4.44. The zero-order valence-electron chi connectivity index (χ0n) is 19.1. The molecule has 2 fully saturated rings. The second kappa shape index (κ2) is 10.6. The average Bonchev–Trinajstić information content (AvgIpc) is 3.24. The Kier molecular flexibility index (Phi) is 7.70. The van der Waals surface area contributed by atoms with Crippen molar-refractivity contribution in [2.45, 2.75) is 44.1 Å². The van der Waals surface area contributed by atoms with Gasteiger partial charge in [0.25, 0.3) is 12.3 Å². The average molecular weight is 529 g/mol. The number of carbonyl (C=O) groups is 1. The second-order valence-electron chi connectivity index (χ2n) is 9.00. The van der Waals surface area contributed by atoms with Gasteiger partial charge in [0.2, 0.25) is 5.92 Å². The van der Waals surface area contributed by atoms with Gasteiger partial charge in [0.15, 0.2) is 0 Å². The number of hydrogen-bond donors (Lipinski definition) is 1. The number of nitrogens with one attached hydrogen (secondary N) is 1. The summed E-state index contributed by atoms with van der Waals surface area (Å²) in [7, 11) is 0. The lowest BCUT2D eigenvalue weighted by molar-refractivity contribution is -0.119. The van der Waals surface area contributed by atoms with Crippen molar-refractivity contribution in [1.29, 1.82) is 0 Å². The number of benzene rings is 1. The van der Waals surface area contributed by atoms with Crippen LogP contribution in [0.1, 0.15) is 54.2 Å². The first kappa shape index (κ1) is 26.2. The van der Waals surface area contributed by atoms with Crippen LogP contribution in [0.2, 0.25) is 0 Å². The predicted molar refractivity (Wildman–Crippen MR) is 126 cm³/mol. The number of amides is 1. The highest BCUT2D eigenvalue weighted by atomic mass is 35.5. The van der Waals surface area contributed by atoms with Crippen LogP contribution < -0.4 is 10.1 Å². The number of alkyl halides is 4. The molecule has 7 nitrogen and oxygen atoms in total. The van der Waals surface area contributed by atoms with Crippen LogP contribution in [0.15, 0.2) is 36.5 Å². The van der Waals surface area contributed by atoms with Crippen molar-refractivity contribution in [3.8, 4) is 5.75 Å². The van der Waals surface area contributed by atoms with Crippen LogP contribution in [0.3, 0.4) is 0 Å². The summed E-state index contributed by atoms with van der Waals surface area (Å²) in [6, 6.07) is 7.33. The summed E-state index contributed by atoms with van der Waals surface area (Å²) in [4.78, 5) is 16.9. The highest BCUT2D eigenvalue weighted by Crippen LogP contribution is 2.42. The van der Waals surface area contributed by atoms with E-state index in [-0.39, 0.29) is 60.9 Å². The van der Waals surface area contributed by atoms with Gasteiger partial charge >= 0.3 is 0 Å². The predicted octanol–water partition coefficient (Wildman–Crippen LogP) is 5.82. The number of pyridine rings is 1. The van der Waals surface area contributed by atoms with Gasteiger partial charge in [0.1, 0.15) is 17.3 Å². The van der Waals surface area contributed by atoms with Crippen LogP contribution in [-0.4, -0.2) is 46.4 Å². The van der Waals surface area contributed by atoms with Crippen LogP contribution in [0.4, 0.5) is 23.4 Å². The van der Waals surface area contributed by atoms with Crippen LogP contribution in [0.25, 0.3) is 10.9 Å². The molecule has 1 aliphatic heterocycles. The molecule has 2 aromatic heterocycles. The van der Waals surface area contributed by atoms with E-state index in [4.69, 9.17) is 9.47 Å². The van der Waals surface area contributed by atoms with E-state index in [0.29, 0.717) is 24.1 Å². The number of halogens is 5. The Morgan fingerprint density at radius 1 is 1.22 bits per heavy atom. The highest BCUT2D eigenvalue weighted by molar-refractivity contribution is 6.08. The van der Waals surface area contributed by atoms with Gasteiger partial charge in [-0.3, -0.25) is 9.48 Å². The van der Waals surface area contributed by atoms with Crippen molar-refractivity contribution in [3.05, 3.63) is 47.8 Å². The molecule has 1 aliphatic carbocycles. The number of carbonyl (C=O) groups excluding carboxylic acids is 1. The van der Waals surface area contributed by atoms with Crippen molar-refractivity contribution < 1.29 is 31.8 Å². The molecule has 3 aromatic rings. The van der Waals surface area contributed by atoms with Gasteiger partial charge in [-0.2, -0.15) is 5.10 Å². The number of anilines is 1. The largest absolute Gasteiger partial charge is 0.492 e. The summed E-state index contributed by atoms with van der Waals surface area (Å²) in [5.74, 6) is -3.45. The molecular weight excluding hydrogens is 504 g/mol. The molecule has 0 bridgehead atoms.